The summed E-state index contributed by atoms with van der Waals surface area (Å²) in [5, 5.41) is 3.40. The number of nitrogens with zero attached hydrogens (tertiary/aromatic N) is 1. The van der Waals surface area contributed by atoms with Gasteiger partial charge in [0.1, 0.15) is 0 Å². The van der Waals surface area contributed by atoms with Gasteiger partial charge < -0.3 is 5.73 Å². The molecule has 16 heavy (non-hydrogen) atoms. The number of hydrogen-bond acceptors (Lipinski definition) is 2. The summed E-state index contributed by atoms with van der Waals surface area (Å²) in [7, 11) is 0. The van der Waals surface area contributed by atoms with Gasteiger partial charge in [-0.3, -0.25) is 0 Å². The summed E-state index contributed by atoms with van der Waals surface area (Å²) >= 11 is 0. The molecule has 0 spiro atoms. The lowest BCUT2D eigenvalue weighted by molar-refractivity contribution is -0.137. The maximum absolute atomic E-state index is 12.2. The van der Waals surface area contributed by atoms with E-state index in [2.05, 4.69) is 5.10 Å². The van der Waals surface area contributed by atoms with Crippen LogP contribution < -0.4 is 11.2 Å². The van der Waals surface area contributed by atoms with Crippen molar-refractivity contribution < 1.29 is 18.0 Å². The molecule has 1 rings (SSSR count). The van der Waals surface area contributed by atoms with Crippen molar-refractivity contribution >= 4 is 12.2 Å². The quantitative estimate of drug-likeness (QED) is 0.590. The van der Waals surface area contributed by atoms with Gasteiger partial charge in [-0.15, -0.1) is 0 Å². The topological polar surface area (TPSA) is 67.5 Å². The van der Waals surface area contributed by atoms with Crippen LogP contribution in [0.3, 0.4) is 0 Å². The molecule has 1 aromatic carbocycles. The highest BCUT2D eigenvalue weighted by Crippen LogP contribution is 2.28. The van der Waals surface area contributed by atoms with Gasteiger partial charge in [0.15, 0.2) is 0 Å². The first-order valence-electron chi connectivity index (χ1n) is 4.15. The molecule has 0 aliphatic carbocycles. The Morgan fingerprint density at radius 2 is 1.88 bits per heavy atom. The molecule has 86 valence electrons. The molecule has 4 nitrogen and oxygen atoms in total. The van der Waals surface area contributed by atoms with Gasteiger partial charge in [-0.25, -0.2) is 10.2 Å². The van der Waals surface area contributed by atoms with Crippen LogP contribution in [0, 0.1) is 0 Å². The normalized spacial score (nSPS) is 11.7. The number of rotatable bonds is 2. The predicted molar refractivity (Wildman–Crippen MR) is 51.8 cm³/mol. The lowest BCUT2D eigenvalue weighted by atomic mass is 10.1. The van der Waals surface area contributed by atoms with Crippen molar-refractivity contribution in [2.75, 3.05) is 0 Å². The van der Waals surface area contributed by atoms with Crippen LogP contribution >= 0.6 is 0 Å². The van der Waals surface area contributed by atoms with Crippen LogP contribution in [-0.4, -0.2) is 12.2 Å². The van der Waals surface area contributed by atoms with Gasteiger partial charge in [0.2, 0.25) is 0 Å². The Balaban J connectivity index is 2.72. The van der Waals surface area contributed by atoms with Crippen molar-refractivity contribution in [2.45, 2.75) is 6.18 Å². The van der Waals surface area contributed by atoms with Crippen molar-refractivity contribution in [3.05, 3.63) is 35.4 Å². The minimum absolute atomic E-state index is 0.418. The Hall–Kier alpha value is -2.05. The average molecular weight is 231 g/mol. The zero-order chi connectivity index (χ0) is 12.2. The Morgan fingerprint density at radius 3 is 2.31 bits per heavy atom. The summed E-state index contributed by atoms with van der Waals surface area (Å²) in [5.74, 6) is 0. The van der Waals surface area contributed by atoms with Crippen LogP contribution in [0.25, 0.3) is 0 Å². The summed E-state index contributed by atoms with van der Waals surface area (Å²) in [6, 6.07) is 3.46. The average Bonchev–Trinajstić information content (AvgIpc) is 2.16. The van der Waals surface area contributed by atoms with E-state index in [1.165, 1.54) is 18.3 Å². The fourth-order valence-corrected chi connectivity index (χ4v) is 0.929. The molecular weight excluding hydrogens is 223 g/mol. The van der Waals surface area contributed by atoms with Gasteiger partial charge in [0, 0.05) is 0 Å². The zero-order valence-corrected chi connectivity index (χ0v) is 7.95. The number of hydrazone groups is 1. The molecular formula is C9H8F3N3O. The SMILES string of the molecule is NC(=O)NN=Cc1ccc(C(F)(F)F)cc1. The Morgan fingerprint density at radius 1 is 1.31 bits per heavy atom. The number of carbonyl (C=O) groups excluding carboxylic acids is 1. The summed E-state index contributed by atoms with van der Waals surface area (Å²) in [4.78, 5) is 10.2. The van der Waals surface area contributed by atoms with Gasteiger partial charge in [0.05, 0.1) is 11.8 Å². The Labute approximate surface area is 88.9 Å². The van der Waals surface area contributed by atoms with Crippen molar-refractivity contribution in [1.82, 2.24) is 5.43 Å². The second-order valence-corrected chi connectivity index (χ2v) is 2.85. The van der Waals surface area contributed by atoms with E-state index in [4.69, 9.17) is 5.73 Å². The molecule has 0 aromatic heterocycles. The van der Waals surface area contributed by atoms with Crippen molar-refractivity contribution in [3.63, 3.8) is 0 Å². The number of benzene rings is 1. The second kappa shape index (κ2) is 4.65. The van der Waals surface area contributed by atoms with E-state index in [0.717, 1.165) is 12.1 Å². The summed E-state index contributed by atoms with van der Waals surface area (Å²) in [6.07, 6.45) is -3.17. The van der Waals surface area contributed by atoms with Crippen LogP contribution in [0.2, 0.25) is 0 Å². The van der Waals surface area contributed by atoms with E-state index >= 15 is 0 Å². The number of nitrogens with two attached hydrogens (primary N) is 1. The molecule has 0 unspecified atom stereocenters. The van der Waals surface area contributed by atoms with Crippen LogP contribution in [0.1, 0.15) is 11.1 Å². The highest BCUT2D eigenvalue weighted by molar-refractivity contribution is 5.81. The van der Waals surface area contributed by atoms with Crippen LogP contribution in [0.4, 0.5) is 18.0 Å². The maximum Gasteiger partial charge on any atom is 0.416 e. The van der Waals surface area contributed by atoms with Gasteiger partial charge in [-0.1, -0.05) is 12.1 Å². The van der Waals surface area contributed by atoms with Gasteiger partial charge in [-0.05, 0) is 17.7 Å². The molecule has 0 fully saturated rings. The van der Waals surface area contributed by atoms with Crippen molar-refractivity contribution in [3.8, 4) is 0 Å². The Kier molecular flexibility index (Phi) is 3.49. The molecule has 3 N–H and O–H groups in total. The number of hydrogen-bond donors (Lipinski definition) is 2. The lowest BCUT2D eigenvalue weighted by Crippen LogP contribution is -2.24. The molecule has 0 bridgehead atoms. The molecule has 1 aromatic rings. The number of alkyl halides is 3. The standard InChI is InChI=1S/C9H8F3N3O/c10-9(11,12)7-3-1-6(2-4-7)5-14-15-8(13)16/h1-5H,(H3,13,15,16). The lowest BCUT2D eigenvalue weighted by Gasteiger charge is -2.05. The number of carbonyl (C=O) groups is 1. The maximum atomic E-state index is 12.2. The van der Waals surface area contributed by atoms with Gasteiger partial charge in [-0.2, -0.15) is 18.3 Å². The van der Waals surface area contributed by atoms with E-state index in [-0.39, 0.29) is 0 Å². The minimum atomic E-state index is -4.36. The number of primary amides is 1. The first-order valence-corrected chi connectivity index (χ1v) is 4.15. The number of nitrogens with one attached hydrogen (secondary N) is 1. The summed E-state index contributed by atoms with van der Waals surface area (Å²) < 4.78 is 36.5. The molecule has 0 heterocycles. The van der Waals surface area contributed by atoms with E-state index in [9.17, 15) is 18.0 Å². The van der Waals surface area contributed by atoms with E-state index in [0.29, 0.717) is 5.56 Å². The summed E-state index contributed by atoms with van der Waals surface area (Å²) in [6.45, 7) is 0. The third-order valence-electron chi connectivity index (χ3n) is 1.63. The molecule has 0 aliphatic heterocycles. The fraction of sp³-hybridized carbons (Fsp3) is 0.111. The number of amides is 2. The van der Waals surface area contributed by atoms with Crippen molar-refractivity contribution in [1.29, 1.82) is 0 Å². The largest absolute Gasteiger partial charge is 0.416 e. The van der Waals surface area contributed by atoms with Crippen molar-refractivity contribution in [2.24, 2.45) is 10.8 Å². The minimum Gasteiger partial charge on any atom is -0.350 e. The van der Waals surface area contributed by atoms with Crippen LogP contribution in [0.15, 0.2) is 29.4 Å². The van der Waals surface area contributed by atoms with Crippen LogP contribution in [-0.2, 0) is 6.18 Å². The molecule has 0 radical (unpaired) electrons. The fourth-order valence-electron chi connectivity index (χ4n) is 0.929. The van der Waals surface area contributed by atoms with Crippen LogP contribution in [0.5, 0.6) is 0 Å². The highest BCUT2D eigenvalue weighted by atomic mass is 19.4. The van der Waals surface area contributed by atoms with Gasteiger partial charge in [0.25, 0.3) is 0 Å². The second-order valence-electron chi connectivity index (χ2n) is 2.85. The first kappa shape index (κ1) is 12.0. The third kappa shape index (κ3) is 3.60. The predicted octanol–water partition coefficient (Wildman–Crippen LogP) is 1.71. The van der Waals surface area contributed by atoms with E-state index in [1.54, 1.807) is 0 Å². The third-order valence-corrected chi connectivity index (χ3v) is 1.63. The molecule has 2 amide bonds. The molecule has 0 saturated carbocycles. The van der Waals surface area contributed by atoms with E-state index in [1.807, 2.05) is 5.43 Å². The Bertz CT molecular complexity index is 397. The van der Waals surface area contributed by atoms with E-state index < -0.39 is 17.8 Å². The smallest absolute Gasteiger partial charge is 0.350 e. The molecule has 0 aliphatic rings. The zero-order valence-electron chi connectivity index (χ0n) is 7.95. The molecule has 7 heteroatoms. The number of urea groups is 1. The summed E-state index contributed by atoms with van der Waals surface area (Å²) in [5.41, 5.74) is 6.33. The monoisotopic (exact) mass is 231 g/mol. The molecule has 0 saturated heterocycles. The van der Waals surface area contributed by atoms with Gasteiger partial charge >= 0.3 is 12.2 Å². The highest BCUT2D eigenvalue weighted by Gasteiger charge is 2.29. The molecule has 0 atom stereocenters. The first-order chi connectivity index (χ1) is 7.39. The number of halogens is 3.